The number of likely N-dealkylation sites (tertiary alicyclic amines) is 2. The summed E-state index contributed by atoms with van der Waals surface area (Å²) in [4.78, 5) is 15.3. The summed E-state index contributed by atoms with van der Waals surface area (Å²) in [5, 5.41) is 9.20. The summed E-state index contributed by atoms with van der Waals surface area (Å²) in [6.07, 6.45) is -1.30. The fraction of sp³-hybridized carbons (Fsp3) is 0.929. The molecule has 1 unspecified atom stereocenters. The van der Waals surface area contributed by atoms with Gasteiger partial charge in [0.15, 0.2) is 0 Å². The topological polar surface area (TPSA) is 43.8 Å². The van der Waals surface area contributed by atoms with Gasteiger partial charge in [-0.2, -0.15) is 13.2 Å². The van der Waals surface area contributed by atoms with Crippen molar-refractivity contribution in [3.63, 3.8) is 0 Å². The Balaban J connectivity index is 1.72. The zero-order valence-corrected chi connectivity index (χ0v) is 12.1. The van der Waals surface area contributed by atoms with E-state index in [0.717, 1.165) is 38.9 Å². The molecule has 2 saturated heterocycles. The molecule has 0 spiro atoms. The molecule has 4 nitrogen and oxygen atoms in total. The normalized spacial score (nSPS) is 26.3. The number of nitrogens with zero attached hydrogens (tertiary/aromatic N) is 2. The maximum atomic E-state index is 12.1. The van der Waals surface area contributed by atoms with Gasteiger partial charge in [-0.1, -0.05) is 0 Å². The average Bonchev–Trinajstić information content (AvgIpc) is 2.87. The van der Waals surface area contributed by atoms with E-state index in [0.29, 0.717) is 13.0 Å². The van der Waals surface area contributed by atoms with Crippen molar-refractivity contribution in [3.8, 4) is 0 Å². The smallest absolute Gasteiger partial charge is 0.389 e. The molecule has 2 aliphatic heterocycles. The fourth-order valence-corrected chi connectivity index (χ4v) is 3.47. The minimum absolute atomic E-state index is 0.148. The van der Waals surface area contributed by atoms with Crippen LogP contribution in [0.4, 0.5) is 13.2 Å². The van der Waals surface area contributed by atoms with E-state index in [1.54, 1.807) is 0 Å². The zero-order chi connectivity index (χ0) is 15.5. The summed E-state index contributed by atoms with van der Waals surface area (Å²) in [6.45, 7) is 2.85. The molecule has 1 atom stereocenters. The molecule has 21 heavy (non-hydrogen) atoms. The summed E-state index contributed by atoms with van der Waals surface area (Å²) in [6, 6.07) is -0.0979. The predicted molar refractivity (Wildman–Crippen MR) is 72.1 cm³/mol. The molecule has 0 saturated carbocycles. The molecule has 1 N–H and O–H groups in total. The molecule has 0 aromatic carbocycles. The Morgan fingerprint density at radius 1 is 1.14 bits per heavy atom. The van der Waals surface area contributed by atoms with E-state index in [1.165, 1.54) is 0 Å². The molecule has 2 fully saturated rings. The Bertz CT molecular complexity index is 355. The van der Waals surface area contributed by atoms with Crippen LogP contribution in [-0.2, 0) is 4.79 Å². The lowest BCUT2D eigenvalue weighted by atomic mass is 10.0. The van der Waals surface area contributed by atoms with Crippen molar-refractivity contribution in [2.24, 2.45) is 0 Å². The number of alkyl halides is 3. The van der Waals surface area contributed by atoms with Gasteiger partial charge in [0.05, 0.1) is 0 Å². The summed E-state index contributed by atoms with van der Waals surface area (Å²) in [5.74, 6) is -0.750. The van der Waals surface area contributed by atoms with Crippen molar-refractivity contribution in [2.75, 3.05) is 26.2 Å². The molecular formula is C14H23F3N2O2. The minimum Gasteiger partial charge on any atom is -0.480 e. The molecule has 2 heterocycles. The summed E-state index contributed by atoms with van der Waals surface area (Å²) >= 11 is 0. The first-order valence-electron chi connectivity index (χ1n) is 7.64. The van der Waals surface area contributed by atoms with Crippen LogP contribution in [0.2, 0.25) is 0 Å². The third-order valence-electron chi connectivity index (χ3n) is 4.54. The number of hydrogen-bond donors (Lipinski definition) is 1. The lowest BCUT2D eigenvalue weighted by Gasteiger charge is -2.38. The Hall–Kier alpha value is -0.820. The summed E-state index contributed by atoms with van der Waals surface area (Å²) in [7, 11) is 0. The SMILES string of the molecule is O=C(O)C1CCCN1C1CCN(CCCC(F)(F)F)CC1. The van der Waals surface area contributed by atoms with Crippen LogP contribution in [0.1, 0.15) is 38.5 Å². The van der Waals surface area contributed by atoms with Crippen LogP contribution in [0.25, 0.3) is 0 Å². The van der Waals surface area contributed by atoms with Crippen LogP contribution >= 0.6 is 0 Å². The first kappa shape index (κ1) is 16.5. The Kier molecular flexibility index (Phi) is 5.48. The summed E-state index contributed by atoms with van der Waals surface area (Å²) < 4.78 is 36.3. The molecule has 0 aromatic rings. The molecule has 2 aliphatic rings. The van der Waals surface area contributed by atoms with E-state index < -0.39 is 18.6 Å². The van der Waals surface area contributed by atoms with Gasteiger partial charge >= 0.3 is 12.1 Å². The van der Waals surface area contributed by atoms with Crippen LogP contribution in [0.15, 0.2) is 0 Å². The number of carboxylic acids is 1. The Labute approximate surface area is 122 Å². The number of hydrogen-bond acceptors (Lipinski definition) is 3. The number of carboxylic acid groups (broad SMARTS) is 1. The van der Waals surface area contributed by atoms with E-state index in [-0.39, 0.29) is 18.5 Å². The predicted octanol–water partition coefficient (Wildman–Crippen LogP) is 2.34. The van der Waals surface area contributed by atoms with Crippen molar-refractivity contribution >= 4 is 5.97 Å². The molecule has 0 radical (unpaired) electrons. The van der Waals surface area contributed by atoms with Crippen molar-refractivity contribution < 1.29 is 23.1 Å². The number of halogens is 3. The van der Waals surface area contributed by atoms with Gasteiger partial charge in [0.2, 0.25) is 0 Å². The van der Waals surface area contributed by atoms with Gasteiger partial charge in [-0.3, -0.25) is 9.69 Å². The van der Waals surface area contributed by atoms with Crippen molar-refractivity contribution in [3.05, 3.63) is 0 Å². The standard InChI is InChI=1S/C14H23F3N2O2/c15-14(16,17)6-2-7-18-9-4-11(5-10-18)19-8-1-3-12(19)13(20)21/h11-12H,1-10H2,(H,20,21). The van der Waals surface area contributed by atoms with Gasteiger partial charge in [0.25, 0.3) is 0 Å². The van der Waals surface area contributed by atoms with E-state index in [9.17, 15) is 23.1 Å². The van der Waals surface area contributed by atoms with Crippen LogP contribution in [0, 0.1) is 0 Å². The van der Waals surface area contributed by atoms with Gasteiger partial charge < -0.3 is 10.0 Å². The first-order chi connectivity index (χ1) is 9.87. The maximum Gasteiger partial charge on any atom is 0.389 e. The minimum atomic E-state index is -4.07. The molecule has 0 aromatic heterocycles. The fourth-order valence-electron chi connectivity index (χ4n) is 3.47. The molecule has 0 amide bonds. The highest BCUT2D eigenvalue weighted by atomic mass is 19.4. The second-order valence-corrected chi connectivity index (χ2v) is 6.03. The quantitative estimate of drug-likeness (QED) is 0.847. The van der Waals surface area contributed by atoms with Crippen LogP contribution in [-0.4, -0.2) is 65.3 Å². The van der Waals surface area contributed by atoms with Gasteiger partial charge in [-0.05, 0) is 58.3 Å². The molecule has 0 aliphatic carbocycles. The highest BCUT2D eigenvalue weighted by Gasteiger charge is 2.36. The van der Waals surface area contributed by atoms with Crippen molar-refractivity contribution in [2.45, 2.75) is 56.8 Å². The number of rotatable bonds is 5. The third-order valence-corrected chi connectivity index (χ3v) is 4.54. The molecule has 0 bridgehead atoms. The van der Waals surface area contributed by atoms with Crippen LogP contribution in [0.5, 0.6) is 0 Å². The van der Waals surface area contributed by atoms with Crippen LogP contribution < -0.4 is 0 Å². The molecular weight excluding hydrogens is 285 g/mol. The van der Waals surface area contributed by atoms with E-state index in [4.69, 9.17) is 0 Å². The maximum absolute atomic E-state index is 12.1. The average molecular weight is 308 g/mol. The summed E-state index contributed by atoms with van der Waals surface area (Å²) in [5.41, 5.74) is 0. The highest BCUT2D eigenvalue weighted by molar-refractivity contribution is 5.73. The van der Waals surface area contributed by atoms with E-state index >= 15 is 0 Å². The first-order valence-corrected chi connectivity index (χ1v) is 7.64. The second kappa shape index (κ2) is 6.96. The van der Waals surface area contributed by atoms with Gasteiger partial charge in [0, 0.05) is 12.5 Å². The number of carbonyl (C=O) groups is 1. The lowest BCUT2D eigenvalue weighted by Crippen LogP contribution is -2.49. The monoisotopic (exact) mass is 308 g/mol. The largest absolute Gasteiger partial charge is 0.480 e. The molecule has 122 valence electrons. The highest BCUT2D eigenvalue weighted by Crippen LogP contribution is 2.27. The Morgan fingerprint density at radius 2 is 1.81 bits per heavy atom. The van der Waals surface area contributed by atoms with E-state index in [2.05, 4.69) is 9.80 Å². The van der Waals surface area contributed by atoms with Gasteiger partial charge in [-0.15, -0.1) is 0 Å². The van der Waals surface area contributed by atoms with E-state index in [1.807, 2.05) is 0 Å². The van der Waals surface area contributed by atoms with Crippen molar-refractivity contribution in [1.29, 1.82) is 0 Å². The number of piperidine rings is 1. The molecule has 7 heteroatoms. The van der Waals surface area contributed by atoms with Gasteiger partial charge in [0.1, 0.15) is 6.04 Å². The zero-order valence-electron chi connectivity index (χ0n) is 12.1. The second-order valence-electron chi connectivity index (χ2n) is 6.03. The third kappa shape index (κ3) is 4.85. The lowest BCUT2D eigenvalue weighted by molar-refractivity contribution is -0.143. The number of aliphatic carboxylic acids is 1. The van der Waals surface area contributed by atoms with Crippen molar-refractivity contribution in [1.82, 2.24) is 9.80 Å². The Morgan fingerprint density at radius 3 is 2.38 bits per heavy atom. The molecule has 2 rings (SSSR count). The van der Waals surface area contributed by atoms with Crippen LogP contribution in [0.3, 0.4) is 0 Å². The van der Waals surface area contributed by atoms with Gasteiger partial charge in [-0.25, -0.2) is 0 Å².